The number of nitrogens with zero attached hydrogens (tertiary/aromatic N) is 1. The summed E-state index contributed by atoms with van der Waals surface area (Å²) in [5, 5.41) is 0. The second-order valence-corrected chi connectivity index (χ2v) is 5.74. The zero-order valence-electron chi connectivity index (χ0n) is 11.4. The zero-order valence-corrected chi connectivity index (χ0v) is 12.2. The van der Waals surface area contributed by atoms with Gasteiger partial charge in [0.1, 0.15) is 5.92 Å². The minimum Gasteiger partial charge on any atom is -0.392 e. The molecular formula is C15H20N2OS. The average molecular weight is 276 g/mol. The Kier molecular flexibility index (Phi) is 4.20. The summed E-state index contributed by atoms with van der Waals surface area (Å²) >= 11 is 5.09. The van der Waals surface area contributed by atoms with Crippen molar-refractivity contribution in [2.75, 3.05) is 7.05 Å². The summed E-state index contributed by atoms with van der Waals surface area (Å²) in [4.78, 5) is 14.7. The van der Waals surface area contributed by atoms with Crippen molar-refractivity contribution in [2.45, 2.75) is 31.7 Å². The fourth-order valence-corrected chi connectivity index (χ4v) is 2.61. The van der Waals surface area contributed by atoms with E-state index in [1.165, 1.54) is 12.8 Å². The summed E-state index contributed by atoms with van der Waals surface area (Å²) in [5.41, 5.74) is 6.65. The Labute approximate surface area is 119 Å². The fraction of sp³-hybridized carbons (Fsp3) is 0.467. The number of hydrogen-bond donors (Lipinski definition) is 1. The number of benzene rings is 1. The standard InChI is InChI=1S/C15H20N2OS/c1-10(11-8-9-11)17(2)15(18)13(14(16)19)12-6-4-3-5-7-12/h3-7,10-11,13H,8-9H2,1-2H3,(H2,16,19). The van der Waals surface area contributed by atoms with Gasteiger partial charge in [-0.25, -0.2) is 0 Å². The molecule has 1 fully saturated rings. The molecule has 4 heteroatoms. The van der Waals surface area contributed by atoms with E-state index in [4.69, 9.17) is 18.0 Å². The highest BCUT2D eigenvalue weighted by Gasteiger charge is 2.35. The third kappa shape index (κ3) is 3.13. The van der Waals surface area contributed by atoms with Crippen LogP contribution < -0.4 is 5.73 Å². The van der Waals surface area contributed by atoms with Gasteiger partial charge < -0.3 is 10.6 Å². The molecule has 0 heterocycles. The van der Waals surface area contributed by atoms with Crippen LogP contribution in [0.1, 0.15) is 31.2 Å². The van der Waals surface area contributed by atoms with Crippen LogP contribution in [-0.2, 0) is 4.79 Å². The van der Waals surface area contributed by atoms with Gasteiger partial charge in [-0.05, 0) is 31.2 Å². The van der Waals surface area contributed by atoms with E-state index >= 15 is 0 Å². The molecule has 2 unspecified atom stereocenters. The van der Waals surface area contributed by atoms with E-state index in [1.807, 2.05) is 37.4 Å². The molecule has 2 N–H and O–H groups in total. The summed E-state index contributed by atoms with van der Waals surface area (Å²) in [6.07, 6.45) is 2.42. The van der Waals surface area contributed by atoms with E-state index in [9.17, 15) is 4.79 Å². The van der Waals surface area contributed by atoms with Gasteiger partial charge >= 0.3 is 0 Å². The molecule has 0 saturated heterocycles. The smallest absolute Gasteiger partial charge is 0.236 e. The van der Waals surface area contributed by atoms with E-state index < -0.39 is 5.92 Å². The third-order valence-corrected chi connectivity index (χ3v) is 4.16. The highest BCUT2D eigenvalue weighted by molar-refractivity contribution is 7.80. The lowest BCUT2D eigenvalue weighted by Crippen LogP contribution is -2.42. The lowest BCUT2D eigenvalue weighted by Gasteiger charge is -2.29. The van der Waals surface area contributed by atoms with Gasteiger partial charge in [0.2, 0.25) is 5.91 Å². The number of rotatable bonds is 5. The van der Waals surface area contributed by atoms with Crippen LogP contribution in [0.5, 0.6) is 0 Å². The van der Waals surface area contributed by atoms with Crippen LogP contribution in [0.15, 0.2) is 30.3 Å². The predicted octanol–water partition coefficient (Wildman–Crippen LogP) is 2.31. The van der Waals surface area contributed by atoms with Crippen molar-refractivity contribution in [3.05, 3.63) is 35.9 Å². The van der Waals surface area contributed by atoms with Gasteiger partial charge in [-0.3, -0.25) is 4.79 Å². The van der Waals surface area contributed by atoms with Gasteiger partial charge in [-0.15, -0.1) is 0 Å². The first-order valence-electron chi connectivity index (χ1n) is 6.63. The quantitative estimate of drug-likeness (QED) is 0.840. The second kappa shape index (κ2) is 5.70. The lowest BCUT2D eigenvalue weighted by atomic mass is 9.97. The van der Waals surface area contributed by atoms with Crippen molar-refractivity contribution >= 4 is 23.1 Å². The summed E-state index contributed by atoms with van der Waals surface area (Å²) in [6.45, 7) is 2.09. The fourth-order valence-electron chi connectivity index (χ4n) is 2.37. The Bertz CT molecular complexity index is 470. The first kappa shape index (κ1) is 14.0. The Hall–Kier alpha value is -1.42. The van der Waals surface area contributed by atoms with Gasteiger partial charge in [0.25, 0.3) is 0 Å². The maximum Gasteiger partial charge on any atom is 0.236 e. The van der Waals surface area contributed by atoms with Gasteiger partial charge in [0.05, 0.1) is 4.99 Å². The zero-order chi connectivity index (χ0) is 14.0. The largest absolute Gasteiger partial charge is 0.392 e. The molecule has 2 atom stereocenters. The minimum absolute atomic E-state index is 0.00176. The van der Waals surface area contributed by atoms with Crippen molar-refractivity contribution in [3.63, 3.8) is 0 Å². The number of carbonyl (C=O) groups excluding carboxylic acids is 1. The van der Waals surface area contributed by atoms with Crippen molar-refractivity contribution < 1.29 is 4.79 Å². The third-order valence-electron chi connectivity index (χ3n) is 3.93. The molecule has 1 aliphatic carbocycles. The molecule has 1 aromatic carbocycles. The molecule has 2 rings (SSSR count). The van der Waals surface area contributed by atoms with Crippen molar-refractivity contribution in [1.82, 2.24) is 4.90 Å². The van der Waals surface area contributed by atoms with E-state index in [1.54, 1.807) is 4.90 Å². The molecule has 1 amide bonds. The molecule has 0 radical (unpaired) electrons. The highest BCUT2D eigenvalue weighted by Crippen LogP contribution is 2.35. The van der Waals surface area contributed by atoms with E-state index in [0.717, 1.165) is 5.56 Å². The van der Waals surface area contributed by atoms with Gasteiger partial charge in [0, 0.05) is 13.1 Å². The molecule has 1 aromatic rings. The first-order valence-corrected chi connectivity index (χ1v) is 7.04. The molecule has 3 nitrogen and oxygen atoms in total. The Morgan fingerprint density at radius 2 is 1.95 bits per heavy atom. The maximum absolute atomic E-state index is 12.6. The Balaban J connectivity index is 2.19. The SMILES string of the molecule is CC(C1CC1)N(C)C(=O)C(C(N)=S)c1ccccc1. The van der Waals surface area contributed by atoms with Gasteiger partial charge in [0.15, 0.2) is 0 Å². The molecule has 1 saturated carbocycles. The number of thiocarbonyl (C=S) groups is 1. The topological polar surface area (TPSA) is 46.3 Å². The molecule has 0 bridgehead atoms. The maximum atomic E-state index is 12.6. The molecule has 19 heavy (non-hydrogen) atoms. The number of hydrogen-bond acceptors (Lipinski definition) is 2. The summed E-state index contributed by atoms with van der Waals surface area (Å²) in [6, 6.07) is 9.78. The molecular weight excluding hydrogens is 256 g/mol. The van der Waals surface area contributed by atoms with Crippen LogP contribution in [0, 0.1) is 5.92 Å². The number of carbonyl (C=O) groups is 1. The van der Waals surface area contributed by atoms with Crippen molar-refractivity contribution in [3.8, 4) is 0 Å². The Morgan fingerprint density at radius 3 is 2.42 bits per heavy atom. The first-order chi connectivity index (χ1) is 9.02. The summed E-state index contributed by atoms with van der Waals surface area (Å²) in [7, 11) is 1.85. The van der Waals surface area contributed by atoms with E-state index in [0.29, 0.717) is 5.92 Å². The van der Waals surface area contributed by atoms with Crippen LogP contribution >= 0.6 is 12.2 Å². The van der Waals surface area contributed by atoms with Crippen LogP contribution in [-0.4, -0.2) is 28.9 Å². The monoisotopic (exact) mass is 276 g/mol. The molecule has 1 aliphatic rings. The molecule has 0 spiro atoms. The number of amides is 1. The minimum atomic E-state index is -0.512. The van der Waals surface area contributed by atoms with Crippen LogP contribution in [0.4, 0.5) is 0 Å². The van der Waals surface area contributed by atoms with Gasteiger partial charge in [-0.2, -0.15) is 0 Å². The predicted molar refractivity (Wildman–Crippen MR) is 80.9 cm³/mol. The van der Waals surface area contributed by atoms with Crippen molar-refractivity contribution in [2.24, 2.45) is 11.7 Å². The lowest BCUT2D eigenvalue weighted by molar-refractivity contribution is -0.132. The number of likely N-dealkylation sites (N-methyl/N-ethyl adjacent to an activating group) is 1. The average Bonchev–Trinajstić information content (AvgIpc) is 3.22. The van der Waals surface area contributed by atoms with Gasteiger partial charge in [-0.1, -0.05) is 42.5 Å². The summed E-state index contributed by atoms with van der Waals surface area (Å²) in [5.74, 6) is 0.122. The molecule has 0 aromatic heterocycles. The van der Waals surface area contributed by atoms with Crippen LogP contribution in [0.2, 0.25) is 0 Å². The van der Waals surface area contributed by atoms with E-state index in [-0.39, 0.29) is 16.9 Å². The molecule has 102 valence electrons. The highest BCUT2D eigenvalue weighted by atomic mass is 32.1. The summed E-state index contributed by atoms with van der Waals surface area (Å²) < 4.78 is 0. The van der Waals surface area contributed by atoms with E-state index in [2.05, 4.69) is 6.92 Å². The second-order valence-electron chi connectivity index (χ2n) is 5.27. The molecule has 0 aliphatic heterocycles. The van der Waals surface area contributed by atoms with Crippen LogP contribution in [0.3, 0.4) is 0 Å². The Morgan fingerprint density at radius 1 is 1.37 bits per heavy atom. The van der Waals surface area contributed by atoms with Crippen molar-refractivity contribution in [1.29, 1.82) is 0 Å². The number of nitrogens with two attached hydrogens (primary N) is 1. The normalized spacial score (nSPS) is 17.6. The van der Waals surface area contributed by atoms with Crippen LogP contribution in [0.25, 0.3) is 0 Å².